The van der Waals surface area contributed by atoms with Crippen LogP contribution in [0.4, 0.5) is 11.4 Å². The van der Waals surface area contributed by atoms with Gasteiger partial charge in [0, 0.05) is 50.9 Å². The topological polar surface area (TPSA) is 204 Å². The highest BCUT2D eigenvalue weighted by Crippen LogP contribution is 2.35. The van der Waals surface area contributed by atoms with Crippen molar-refractivity contribution < 1.29 is 28.7 Å². The first-order chi connectivity index (χ1) is 33.9. The Balaban J connectivity index is 0.763. The van der Waals surface area contributed by atoms with Gasteiger partial charge in [-0.1, -0.05) is 84.3 Å². The molecule has 17 heteroatoms. The average molecular weight is 942 g/mol. The van der Waals surface area contributed by atoms with Crippen molar-refractivity contribution in [2.75, 3.05) is 44.0 Å². The molecular weight excluding hydrogens is 887 g/mol. The lowest BCUT2D eigenvalue weighted by Gasteiger charge is -2.23. The standard InChI is InChI=1S/C53H55N11O6/c1-34-46(56-50(65)48-54-44(58-60-48)32-36-18-10-6-11-19-36)52(67)63(4)40-30-38(24-26-42(40)69-34)22-14-8-16-28-62(3)29-17-9-15-23-39-25-27-43-41(31-39)64(5)53(68)47(35(2)70-43)57-51(66)49-55-45(59-61-49)33-37-20-12-7-13-21-37/h6-7,10-13,18-21,24-27,30-31,34-35,46-47H,8-9,16-17,28-29,32-33H2,1-5H3,(H,56,65)(H,57,66)(H,54,58,60)(H,55,59,61)/t34-,35-,46+,47+/m1/s1. The molecule has 2 aromatic heterocycles. The fourth-order valence-electron chi connectivity index (χ4n) is 8.12. The predicted molar refractivity (Wildman–Crippen MR) is 263 cm³/mol. The molecule has 8 rings (SSSR count). The Bertz CT molecular complexity index is 2770. The van der Waals surface area contributed by atoms with Crippen molar-refractivity contribution in [2.45, 2.75) is 76.7 Å². The minimum Gasteiger partial charge on any atom is -0.486 e. The van der Waals surface area contributed by atoms with Crippen LogP contribution >= 0.6 is 0 Å². The van der Waals surface area contributed by atoms with E-state index in [9.17, 15) is 19.2 Å². The van der Waals surface area contributed by atoms with Gasteiger partial charge in [-0.15, -0.1) is 10.2 Å². The summed E-state index contributed by atoms with van der Waals surface area (Å²) in [6, 6.07) is 28.5. The average Bonchev–Trinajstić information content (AvgIpc) is 4.02. The second-order valence-corrected chi connectivity index (χ2v) is 17.4. The molecule has 4 aromatic carbocycles. The van der Waals surface area contributed by atoms with Gasteiger partial charge in [-0.05, 0) is 94.4 Å². The van der Waals surface area contributed by atoms with E-state index in [1.54, 1.807) is 40.1 Å². The molecule has 6 aromatic rings. The van der Waals surface area contributed by atoms with Gasteiger partial charge in [0.05, 0.1) is 11.4 Å². The summed E-state index contributed by atoms with van der Waals surface area (Å²) in [5, 5.41) is 19.3. The molecule has 0 unspecified atom stereocenters. The minimum atomic E-state index is -0.972. The molecule has 0 aliphatic carbocycles. The van der Waals surface area contributed by atoms with Gasteiger partial charge in [-0.2, -0.15) is 0 Å². The van der Waals surface area contributed by atoms with E-state index in [1.165, 1.54) is 9.80 Å². The van der Waals surface area contributed by atoms with Gasteiger partial charge in [-0.25, -0.2) is 9.97 Å². The number of likely N-dealkylation sites (N-methyl/N-ethyl adjacent to an activating group) is 2. The Kier molecular flexibility index (Phi) is 15.3. The highest BCUT2D eigenvalue weighted by molar-refractivity contribution is 6.04. The third kappa shape index (κ3) is 11.9. The van der Waals surface area contributed by atoms with Crippen LogP contribution in [-0.2, 0) is 22.4 Å². The largest absolute Gasteiger partial charge is 0.486 e. The molecule has 0 bridgehead atoms. The lowest BCUT2D eigenvalue weighted by molar-refractivity contribution is -0.122. The van der Waals surface area contributed by atoms with E-state index in [-0.39, 0.29) is 23.5 Å². The number of nitrogens with one attached hydrogen (secondary N) is 4. The van der Waals surface area contributed by atoms with Gasteiger partial charge in [0.15, 0.2) is 0 Å². The third-order valence-electron chi connectivity index (χ3n) is 12.0. The quantitative estimate of drug-likeness (QED) is 0.0838. The van der Waals surface area contributed by atoms with E-state index < -0.39 is 36.1 Å². The normalized spacial score (nSPS) is 17.3. The fraction of sp³-hybridized carbons (Fsp3) is 0.321. The zero-order chi connectivity index (χ0) is 49.1. The maximum Gasteiger partial charge on any atom is 0.291 e. The summed E-state index contributed by atoms with van der Waals surface area (Å²) in [4.78, 5) is 67.6. The number of carbonyl (C=O) groups excluding carboxylic acids is 4. The number of rotatable bonds is 14. The summed E-state index contributed by atoms with van der Waals surface area (Å²) in [6.45, 7) is 5.21. The van der Waals surface area contributed by atoms with Crippen molar-refractivity contribution in [3.8, 4) is 35.2 Å². The Morgan fingerprint density at radius 2 is 1.06 bits per heavy atom. The molecule has 0 radical (unpaired) electrons. The van der Waals surface area contributed by atoms with E-state index in [0.717, 1.165) is 48.2 Å². The number of benzene rings is 4. The second-order valence-electron chi connectivity index (χ2n) is 17.4. The first-order valence-electron chi connectivity index (χ1n) is 23.2. The molecule has 0 spiro atoms. The molecule has 17 nitrogen and oxygen atoms in total. The molecule has 2 aliphatic rings. The highest BCUT2D eigenvalue weighted by Gasteiger charge is 2.38. The molecule has 4 heterocycles. The number of H-pyrrole nitrogens is 2. The Morgan fingerprint density at radius 1 is 0.643 bits per heavy atom. The van der Waals surface area contributed by atoms with E-state index in [0.29, 0.717) is 60.2 Å². The van der Waals surface area contributed by atoms with Crippen LogP contribution in [-0.4, -0.2) is 117 Å². The lowest BCUT2D eigenvalue weighted by atomic mass is 10.1. The van der Waals surface area contributed by atoms with Crippen LogP contribution in [0.2, 0.25) is 0 Å². The zero-order valence-corrected chi connectivity index (χ0v) is 39.8. The minimum absolute atomic E-state index is 0.0531. The van der Waals surface area contributed by atoms with Gasteiger partial charge in [0.25, 0.3) is 23.6 Å². The van der Waals surface area contributed by atoms with Crippen molar-refractivity contribution in [3.05, 3.63) is 143 Å². The van der Waals surface area contributed by atoms with Gasteiger partial charge < -0.3 is 34.8 Å². The molecular formula is C53H55N11O6. The number of unbranched alkanes of at least 4 members (excludes halogenated alkanes) is 2. The number of nitrogens with zero attached hydrogens (tertiary/aromatic N) is 7. The monoisotopic (exact) mass is 941 g/mol. The maximum absolute atomic E-state index is 13.7. The molecule has 70 heavy (non-hydrogen) atoms. The summed E-state index contributed by atoms with van der Waals surface area (Å²) < 4.78 is 12.4. The van der Waals surface area contributed by atoms with Crippen LogP contribution in [0.25, 0.3) is 0 Å². The summed E-state index contributed by atoms with van der Waals surface area (Å²) >= 11 is 0. The van der Waals surface area contributed by atoms with E-state index >= 15 is 0 Å². The second kappa shape index (κ2) is 22.2. The number of carbonyl (C=O) groups is 4. The molecule has 4 atom stereocenters. The van der Waals surface area contributed by atoms with Crippen LogP contribution in [0.15, 0.2) is 97.1 Å². The number of ether oxygens (including phenoxy) is 2. The summed E-state index contributed by atoms with van der Waals surface area (Å²) in [7, 11) is 5.39. The van der Waals surface area contributed by atoms with Crippen LogP contribution in [0.3, 0.4) is 0 Å². The van der Waals surface area contributed by atoms with E-state index in [4.69, 9.17) is 9.47 Å². The van der Waals surface area contributed by atoms with Crippen molar-refractivity contribution >= 4 is 35.0 Å². The Hall–Kier alpha value is -8.28. The first kappa shape index (κ1) is 48.2. The lowest BCUT2D eigenvalue weighted by Crippen LogP contribution is -2.53. The molecule has 0 saturated heterocycles. The molecule has 358 valence electrons. The molecule has 4 N–H and O–H groups in total. The Labute approximate surface area is 406 Å². The summed E-state index contributed by atoms with van der Waals surface area (Å²) in [6.07, 6.45) is 2.78. The fourth-order valence-corrected chi connectivity index (χ4v) is 8.12. The zero-order valence-electron chi connectivity index (χ0n) is 39.8. The number of fused-ring (bicyclic) bond motifs is 2. The maximum atomic E-state index is 13.7. The smallest absolute Gasteiger partial charge is 0.291 e. The number of amides is 4. The van der Waals surface area contributed by atoms with Crippen LogP contribution in [0, 0.1) is 23.7 Å². The highest BCUT2D eigenvalue weighted by atomic mass is 16.5. The van der Waals surface area contributed by atoms with Gasteiger partial charge in [-0.3, -0.25) is 29.4 Å². The SMILES string of the molecule is C[C@H]1Oc2ccc(C#CCCCN(C)CCCC#Cc3ccc4c(c3)N(C)C(=O)[C@@H](NC(=O)c3n[nH]c(Cc5ccccc5)n3)[C@@H](C)O4)cc2N(C)C(=O)[C@H]1NC(=O)c1n[nH]c(Cc2ccccc2)n1. The van der Waals surface area contributed by atoms with Crippen LogP contribution in [0.1, 0.15) is 94.7 Å². The van der Waals surface area contributed by atoms with E-state index in [1.807, 2.05) is 84.9 Å². The molecule has 0 saturated carbocycles. The third-order valence-corrected chi connectivity index (χ3v) is 12.0. The molecule has 4 amide bonds. The summed E-state index contributed by atoms with van der Waals surface area (Å²) in [5.41, 5.74) is 4.67. The number of anilines is 2. The van der Waals surface area contributed by atoms with E-state index in [2.05, 4.69) is 76.6 Å². The van der Waals surface area contributed by atoms with Crippen LogP contribution < -0.4 is 29.9 Å². The summed E-state index contributed by atoms with van der Waals surface area (Å²) in [5.74, 6) is 13.2. The van der Waals surface area contributed by atoms with Crippen molar-refractivity contribution in [1.29, 1.82) is 0 Å². The van der Waals surface area contributed by atoms with Crippen molar-refractivity contribution in [2.24, 2.45) is 0 Å². The van der Waals surface area contributed by atoms with Gasteiger partial charge in [0.2, 0.25) is 11.6 Å². The van der Waals surface area contributed by atoms with Crippen molar-refractivity contribution in [1.82, 2.24) is 45.9 Å². The number of hydrogen-bond donors (Lipinski definition) is 4. The van der Waals surface area contributed by atoms with Gasteiger partial charge >= 0.3 is 0 Å². The number of hydrogen-bond acceptors (Lipinski definition) is 11. The molecule has 0 fully saturated rings. The number of aromatic amines is 2. The Morgan fingerprint density at radius 3 is 1.47 bits per heavy atom. The molecule has 2 aliphatic heterocycles. The van der Waals surface area contributed by atoms with Gasteiger partial charge in [0.1, 0.15) is 47.4 Å². The van der Waals surface area contributed by atoms with Crippen LogP contribution in [0.5, 0.6) is 11.5 Å². The number of aromatic nitrogens is 6. The first-order valence-corrected chi connectivity index (χ1v) is 23.2. The van der Waals surface area contributed by atoms with Crippen molar-refractivity contribution in [3.63, 3.8) is 0 Å². The predicted octanol–water partition coefficient (Wildman–Crippen LogP) is 5.08.